The second-order valence-electron chi connectivity index (χ2n) is 5.13. The minimum absolute atomic E-state index is 0.0974. The van der Waals surface area contributed by atoms with Crippen molar-refractivity contribution in [2.75, 3.05) is 19.6 Å². The van der Waals surface area contributed by atoms with E-state index in [0.717, 1.165) is 0 Å². The minimum atomic E-state index is -1.18. The molecule has 0 aliphatic carbocycles. The number of primary amides is 1. The molecule has 0 unspecified atom stereocenters. The van der Waals surface area contributed by atoms with E-state index in [0.29, 0.717) is 38.1 Å². The highest BCUT2D eigenvalue weighted by Gasteiger charge is 2.30. The normalized spacial score (nSPS) is 16.9. The number of carbonyl (C=O) groups excluding carboxylic acids is 2. The summed E-state index contributed by atoms with van der Waals surface area (Å²) in [6.45, 7) is 0.994. The zero-order valence-electron chi connectivity index (χ0n) is 11.2. The van der Waals surface area contributed by atoms with Crippen molar-refractivity contribution < 1.29 is 22.8 Å². The van der Waals surface area contributed by atoms with Crippen molar-refractivity contribution >= 4 is 11.7 Å². The molecule has 1 saturated heterocycles. The van der Waals surface area contributed by atoms with Gasteiger partial charge < -0.3 is 5.73 Å². The zero-order chi connectivity index (χ0) is 15.6. The Balaban J connectivity index is 2.07. The predicted molar refractivity (Wildman–Crippen MR) is 69.0 cm³/mol. The van der Waals surface area contributed by atoms with E-state index in [-0.39, 0.29) is 6.54 Å². The molecule has 7 heteroatoms. The SMILES string of the molecule is NC(=O)CN1CCC(C(=O)c2c(F)cc(F)cc2F)CC1. The van der Waals surface area contributed by atoms with Crippen LogP contribution in [0, 0.1) is 23.4 Å². The second kappa shape index (κ2) is 6.26. The number of amides is 1. The Morgan fingerprint density at radius 3 is 2.14 bits per heavy atom. The van der Waals surface area contributed by atoms with E-state index in [9.17, 15) is 22.8 Å². The van der Waals surface area contributed by atoms with Crippen LogP contribution in [0.5, 0.6) is 0 Å². The van der Waals surface area contributed by atoms with Crippen LogP contribution in [-0.2, 0) is 4.79 Å². The van der Waals surface area contributed by atoms with E-state index < -0.39 is 40.6 Å². The van der Waals surface area contributed by atoms with Crippen molar-refractivity contribution in [3.8, 4) is 0 Å². The van der Waals surface area contributed by atoms with Crippen LogP contribution in [0.3, 0.4) is 0 Å². The number of likely N-dealkylation sites (tertiary alicyclic amines) is 1. The third-order valence-electron chi connectivity index (χ3n) is 3.59. The highest BCUT2D eigenvalue weighted by atomic mass is 19.1. The summed E-state index contributed by atoms with van der Waals surface area (Å²) >= 11 is 0. The van der Waals surface area contributed by atoms with Crippen molar-refractivity contribution in [3.63, 3.8) is 0 Å². The third kappa shape index (κ3) is 3.60. The largest absolute Gasteiger partial charge is 0.369 e. The fourth-order valence-corrected chi connectivity index (χ4v) is 2.56. The van der Waals surface area contributed by atoms with Gasteiger partial charge >= 0.3 is 0 Å². The number of Topliss-reactive ketones (excluding diaryl/α,β-unsaturated/α-hetero) is 1. The van der Waals surface area contributed by atoms with E-state index in [1.54, 1.807) is 4.90 Å². The number of nitrogens with zero attached hydrogens (tertiary/aromatic N) is 1. The first-order chi connectivity index (χ1) is 9.88. The lowest BCUT2D eigenvalue weighted by molar-refractivity contribution is -0.119. The summed E-state index contributed by atoms with van der Waals surface area (Å²) in [4.78, 5) is 24.8. The van der Waals surface area contributed by atoms with Gasteiger partial charge in [0, 0.05) is 18.1 Å². The maximum absolute atomic E-state index is 13.6. The van der Waals surface area contributed by atoms with Gasteiger partial charge in [0.05, 0.1) is 12.1 Å². The van der Waals surface area contributed by atoms with Gasteiger partial charge in [0.2, 0.25) is 5.91 Å². The van der Waals surface area contributed by atoms with Crippen molar-refractivity contribution in [3.05, 3.63) is 35.1 Å². The number of hydrogen-bond acceptors (Lipinski definition) is 3. The van der Waals surface area contributed by atoms with E-state index in [4.69, 9.17) is 5.73 Å². The summed E-state index contributed by atoms with van der Waals surface area (Å²) in [7, 11) is 0. The first-order valence-corrected chi connectivity index (χ1v) is 6.58. The molecule has 0 saturated carbocycles. The Bertz CT molecular complexity index is 546. The maximum atomic E-state index is 13.6. The summed E-state index contributed by atoms with van der Waals surface area (Å²) < 4.78 is 40.0. The molecule has 1 amide bonds. The highest BCUT2D eigenvalue weighted by Crippen LogP contribution is 2.25. The Labute approximate surface area is 119 Å². The molecule has 1 heterocycles. The maximum Gasteiger partial charge on any atom is 0.231 e. The van der Waals surface area contributed by atoms with Gasteiger partial charge in [-0.1, -0.05) is 0 Å². The minimum Gasteiger partial charge on any atom is -0.369 e. The van der Waals surface area contributed by atoms with Crippen molar-refractivity contribution in [2.45, 2.75) is 12.8 Å². The van der Waals surface area contributed by atoms with Crippen LogP contribution in [0.1, 0.15) is 23.2 Å². The average Bonchev–Trinajstić information content (AvgIpc) is 2.37. The topological polar surface area (TPSA) is 63.4 Å². The molecule has 0 bridgehead atoms. The first-order valence-electron chi connectivity index (χ1n) is 6.58. The Kier molecular flexibility index (Phi) is 4.62. The number of rotatable bonds is 4. The predicted octanol–water partition coefficient (Wildman–Crippen LogP) is 1.48. The van der Waals surface area contributed by atoms with Gasteiger partial charge in [-0.25, -0.2) is 13.2 Å². The third-order valence-corrected chi connectivity index (χ3v) is 3.59. The van der Waals surface area contributed by atoms with Crippen molar-refractivity contribution in [2.24, 2.45) is 11.7 Å². The molecule has 2 N–H and O–H groups in total. The lowest BCUT2D eigenvalue weighted by Gasteiger charge is -2.30. The molecule has 1 aliphatic rings. The molecule has 1 fully saturated rings. The van der Waals surface area contributed by atoms with Gasteiger partial charge in [-0.05, 0) is 25.9 Å². The first kappa shape index (κ1) is 15.5. The molecular formula is C14H15F3N2O2. The van der Waals surface area contributed by atoms with Gasteiger partial charge in [-0.2, -0.15) is 0 Å². The van der Waals surface area contributed by atoms with Crippen molar-refractivity contribution in [1.29, 1.82) is 0 Å². The zero-order valence-corrected chi connectivity index (χ0v) is 11.2. The Morgan fingerprint density at radius 1 is 1.14 bits per heavy atom. The Hall–Kier alpha value is -1.89. The lowest BCUT2D eigenvalue weighted by atomic mass is 9.88. The molecule has 21 heavy (non-hydrogen) atoms. The van der Waals surface area contributed by atoms with Crippen LogP contribution in [-0.4, -0.2) is 36.2 Å². The van der Waals surface area contributed by atoms with E-state index in [2.05, 4.69) is 0 Å². The van der Waals surface area contributed by atoms with Gasteiger partial charge in [0.15, 0.2) is 5.78 Å². The molecular weight excluding hydrogens is 285 g/mol. The average molecular weight is 300 g/mol. The van der Waals surface area contributed by atoms with E-state index in [1.807, 2.05) is 0 Å². The van der Waals surface area contributed by atoms with Crippen LogP contribution in [0.25, 0.3) is 0 Å². The molecule has 1 aromatic carbocycles. The van der Waals surface area contributed by atoms with Gasteiger partial charge in [0.1, 0.15) is 17.5 Å². The molecule has 1 aliphatic heterocycles. The summed E-state index contributed by atoms with van der Waals surface area (Å²) in [5.41, 5.74) is 4.39. The Morgan fingerprint density at radius 2 is 1.67 bits per heavy atom. The van der Waals surface area contributed by atoms with Gasteiger partial charge in [0.25, 0.3) is 0 Å². The molecule has 0 spiro atoms. The highest BCUT2D eigenvalue weighted by molar-refractivity contribution is 5.98. The molecule has 114 valence electrons. The molecule has 0 aromatic heterocycles. The summed E-state index contributed by atoms with van der Waals surface area (Å²) in [5, 5.41) is 0. The van der Waals surface area contributed by atoms with Crippen LogP contribution in [0.2, 0.25) is 0 Å². The summed E-state index contributed by atoms with van der Waals surface area (Å²) in [5.74, 6) is -5.09. The summed E-state index contributed by atoms with van der Waals surface area (Å²) in [6, 6.07) is 0.997. The van der Waals surface area contributed by atoms with E-state index >= 15 is 0 Å². The van der Waals surface area contributed by atoms with Crippen LogP contribution in [0.4, 0.5) is 13.2 Å². The quantitative estimate of drug-likeness (QED) is 0.857. The molecule has 4 nitrogen and oxygen atoms in total. The standard InChI is InChI=1S/C14H15F3N2O2/c15-9-5-10(16)13(11(17)6-9)14(21)8-1-3-19(4-2-8)7-12(18)20/h5-6,8H,1-4,7H2,(H2,18,20). The van der Waals surface area contributed by atoms with Crippen LogP contribution in [0.15, 0.2) is 12.1 Å². The fraction of sp³-hybridized carbons (Fsp3) is 0.429. The number of benzene rings is 1. The number of nitrogens with two attached hydrogens (primary N) is 1. The van der Waals surface area contributed by atoms with Crippen LogP contribution >= 0.6 is 0 Å². The van der Waals surface area contributed by atoms with Gasteiger partial charge in [-0.3, -0.25) is 14.5 Å². The number of halogens is 3. The number of piperidine rings is 1. The lowest BCUT2D eigenvalue weighted by Crippen LogP contribution is -2.41. The molecule has 1 aromatic rings. The van der Waals surface area contributed by atoms with E-state index in [1.165, 1.54) is 0 Å². The molecule has 0 radical (unpaired) electrons. The van der Waals surface area contributed by atoms with Crippen molar-refractivity contribution in [1.82, 2.24) is 4.90 Å². The monoisotopic (exact) mass is 300 g/mol. The number of hydrogen-bond donors (Lipinski definition) is 1. The number of ketones is 1. The molecule has 2 rings (SSSR count). The second-order valence-corrected chi connectivity index (χ2v) is 5.13. The smallest absolute Gasteiger partial charge is 0.231 e. The summed E-state index contributed by atoms with van der Waals surface area (Å²) in [6.07, 6.45) is 0.755. The molecule has 0 atom stereocenters. The number of carbonyl (C=O) groups is 2. The van der Waals surface area contributed by atoms with Gasteiger partial charge in [-0.15, -0.1) is 0 Å². The van der Waals surface area contributed by atoms with Crippen LogP contribution < -0.4 is 5.73 Å². The fourth-order valence-electron chi connectivity index (χ4n) is 2.56.